The van der Waals surface area contributed by atoms with E-state index in [4.69, 9.17) is 11.6 Å². The van der Waals surface area contributed by atoms with Crippen LogP contribution in [0, 0.1) is 11.8 Å². The van der Waals surface area contributed by atoms with Gasteiger partial charge in [0.15, 0.2) is 0 Å². The molecule has 1 fully saturated rings. The maximum atomic E-state index is 12.6. The second kappa shape index (κ2) is 7.59. The van der Waals surface area contributed by atoms with Crippen LogP contribution in [0.25, 0.3) is 0 Å². The fourth-order valence-electron chi connectivity index (χ4n) is 2.51. The number of pyridine rings is 1. The van der Waals surface area contributed by atoms with Crippen molar-refractivity contribution in [2.24, 2.45) is 11.8 Å². The van der Waals surface area contributed by atoms with Crippen molar-refractivity contribution in [2.75, 3.05) is 19.6 Å². The summed E-state index contributed by atoms with van der Waals surface area (Å²) < 4.78 is 26.6. The van der Waals surface area contributed by atoms with E-state index in [2.05, 4.69) is 10.3 Å². The summed E-state index contributed by atoms with van der Waals surface area (Å²) >= 11 is 5.90. The number of carbonyl (C=O) groups is 1. The van der Waals surface area contributed by atoms with Gasteiger partial charge in [0, 0.05) is 31.7 Å². The van der Waals surface area contributed by atoms with Crippen LogP contribution in [-0.4, -0.2) is 43.2 Å². The van der Waals surface area contributed by atoms with E-state index in [1.807, 2.05) is 13.8 Å². The first-order chi connectivity index (χ1) is 10.8. The Morgan fingerprint density at radius 1 is 1.43 bits per heavy atom. The molecule has 0 atom stereocenters. The Bertz CT molecular complexity index is 656. The number of piperidine rings is 1. The van der Waals surface area contributed by atoms with Crippen molar-refractivity contribution in [3.05, 3.63) is 23.5 Å². The smallest absolute Gasteiger partial charge is 0.246 e. The van der Waals surface area contributed by atoms with Crippen molar-refractivity contribution in [1.82, 2.24) is 14.6 Å². The number of aromatic nitrogens is 1. The van der Waals surface area contributed by atoms with Gasteiger partial charge in [-0.15, -0.1) is 0 Å². The van der Waals surface area contributed by atoms with Gasteiger partial charge in [-0.2, -0.15) is 4.31 Å². The van der Waals surface area contributed by atoms with Gasteiger partial charge >= 0.3 is 0 Å². The summed E-state index contributed by atoms with van der Waals surface area (Å²) in [4.78, 5) is 15.9. The molecule has 0 aromatic carbocycles. The maximum absolute atomic E-state index is 12.6. The monoisotopic (exact) mass is 359 g/mol. The lowest BCUT2D eigenvalue weighted by Gasteiger charge is -2.30. The molecule has 0 saturated carbocycles. The van der Waals surface area contributed by atoms with Crippen LogP contribution in [0.5, 0.6) is 0 Å². The summed E-state index contributed by atoms with van der Waals surface area (Å²) in [6, 6.07) is 3.00. The molecule has 8 heteroatoms. The van der Waals surface area contributed by atoms with E-state index >= 15 is 0 Å². The van der Waals surface area contributed by atoms with Crippen LogP contribution in [0.15, 0.2) is 23.2 Å². The predicted octanol–water partition coefficient (Wildman–Crippen LogP) is 1.91. The van der Waals surface area contributed by atoms with E-state index in [0.717, 1.165) is 0 Å². The van der Waals surface area contributed by atoms with E-state index in [-0.39, 0.29) is 21.9 Å². The van der Waals surface area contributed by atoms with Gasteiger partial charge in [0.2, 0.25) is 15.9 Å². The molecule has 0 radical (unpaired) electrons. The normalized spacial score (nSPS) is 17.4. The molecule has 1 N–H and O–H groups in total. The van der Waals surface area contributed by atoms with E-state index in [0.29, 0.717) is 38.4 Å². The Morgan fingerprint density at radius 2 is 2.09 bits per heavy atom. The zero-order chi connectivity index (χ0) is 17.0. The van der Waals surface area contributed by atoms with Gasteiger partial charge in [0.25, 0.3) is 0 Å². The highest BCUT2D eigenvalue weighted by atomic mass is 35.5. The number of nitrogens with one attached hydrogen (secondary N) is 1. The van der Waals surface area contributed by atoms with E-state index in [9.17, 15) is 13.2 Å². The molecule has 0 spiro atoms. The average molecular weight is 360 g/mol. The summed E-state index contributed by atoms with van der Waals surface area (Å²) in [6.45, 7) is 5.34. The first-order valence-corrected chi connectivity index (χ1v) is 9.52. The molecule has 2 rings (SSSR count). The lowest BCUT2D eigenvalue weighted by molar-refractivity contribution is -0.126. The Labute approximate surface area is 142 Å². The fraction of sp³-hybridized carbons (Fsp3) is 0.600. The average Bonchev–Trinajstić information content (AvgIpc) is 2.53. The first-order valence-electron chi connectivity index (χ1n) is 7.70. The van der Waals surface area contributed by atoms with Crippen LogP contribution in [0.1, 0.15) is 26.7 Å². The van der Waals surface area contributed by atoms with Gasteiger partial charge in [0.1, 0.15) is 10.0 Å². The fourth-order valence-corrected chi connectivity index (χ4v) is 4.41. The molecular weight excluding hydrogens is 338 g/mol. The van der Waals surface area contributed by atoms with Gasteiger partial charge in [0.05, 0.1) is 0 Å². The minimum Gasteiger partial charge on any atom is -0.356 e. The molecule has 23 heavy (non-hydrogen) atoms. The van der Waals surface area contributed by atoms with Gasteiger partial charge in [-0.1, -0.05) is 25.4 Å². The standard InChI is InChI=1S/C15H22ClN3O3S/c1-11(2)10-18-15(20)12-5-8-19(9-6-12)23(21,22)13-4-3-7-17-14(13)16/h3-4,7,11-12H,5-6,8-10H2,1-2H3,(H,18,20). The quantitative estimate of drug-likeness (QED) is 0.814. The van der Waals surface area contributed by atoms with Crippen LogP contribution in [0.3, 0.4) is 0 Å². The number of amides is 1. The summed E-state index contributed by atoms with van der Waals surface area (Å²) in [5, 5.41) is 2.88. The Kier molecular flexibility index (Phi) is 6.00. The van der Waals surface area contributed by atoms with Crippen molar-refractivity contribution in [3.63, 3.8) is 0 Å². The van der Waals surface area contributed by atoms with Crippen LogP contribution in [0.4, 0.5) is 0 Å². The third kappa shape index (κ3) is 4.43. The number of hydrogen-bond acceptors (Lipinski definition) is 4. The molecule has 1 saturated heterocycles. The van der Waals surface area contributed by atoms with E-state index in [1.165, 1.54) is 16.6 Å². The van der Waals surface area contributed by atoms with Crippen molar-refractivity contribution < 1.29 is 13.2 Å². The van der Waals surface area contributed by atoms with Crippen molar-refractivity contribution in [1.29, 1.82) is 0 Å². The molecule has 1 aliphatic heterocycles. The summed E-state index contributed by atoms with van der Waals surface area (Å²) in [5.41, 5.74) is 0. The second-order valence-corrected chi connectivity index (χ2v) is 8.37. The molecule has 0 bridgehead atoms. The summed E-state index contributed by atoms with van der Waals surface area (Å²) in [6.07, 6.45) is 2.48. The Hall–Kier alpha value is -1.18. The minimum atomic E-state index is -3.66. The molecule has 1 amide bonds. The second-order valence-electron chi connectivity index (χ2n) is 6.11. The van der Waals surface area contributed by atoms with Gasteiger partial charge in [-0.05, 0) is 30.9 Å². The third-order valence-corrected chi connectivity index (χ3v) is 6.20. The highest BCUT2D eigenvalue weighted by molar-refractivity contribution is 7.89. The molecule has 2 heterocycles. The highest BCUT2D eigenvalue weighted by Crippen LogP contribution is 2.26. The molecular formula is C15H22ClN3O3S. The third-order valence-electron chi connectivity index (χ3n) is 3.85. The minimum absolute atomic E-state index is 0.00941. The zero-order valence-electron chi connectivity index (χ0n) is 13.3. The Morgan fingerprint density at radius 3 is 2.65 bits per heavy atom. The first kappa shape index (κ1) is 18.2. The summed E-state index contributed by atoms with van der Waals surface area (Å²) in [7, 11) is -3.66. The van der Waals surface area contributed by atoms with Crippen molar-refractivity contribution >= 4 is 27.5 Å². The number of nitrogens with zero attached hydrogens (tertiary/aromatic N) is 2. The molecule has 0 aliphatic carbocycles. The SMILES string of the molecule is CC(C)CNC(=O)C1CCN(S(=O)(=O)c2cccnc2Cl)CC1. The number of halogens is 1. The van der Waals surface area contributed by atoms with Gasteiger partial charge in [-0.25, -0.2) is 13.4 Å². The topological polar surface area (TPSA) is 79.4 Å². The number of hydrogen-bond donors (Lipinski definition) is 1. The molecule has 6 nitrogen and oxygen atoms in total. The molecule has 1 aromatic rings. The van der Waals surface area contributed by atoms with Gasteiger partial charge < -0.3 is 5.32 Å². The predicted molar refractivity (Wildman–Crippen MR) is 88.6 cm³/mol. The maximum Gasteiger partial charge on any atom is 0.246 e. The Balaban J connectivity index is 1.99. The lowest BCUT2D eigenvalue weighted by Crippen LogP contribution is -2.43. The van der Waals surface area contributed by atoms with Crippen LogP contribution >= 0.6 is 11.6 Å². The highest BCUT2D eigenvalue weighted by Gasteiger charge is 2.33. The number of sulfonamides is 1. The van der Waals surface area contributed by atoms with E-state index in [1.54, 1.807) is 6.07 Å². The molecule has 1 aromatic heterocycles. The lowest BCUT2D eigenvalue weighted by atomic mass is 9.97. The largest absolute Gasteiger partial charge is 0.356 e. The number of rotatable bonds is 5. The number of carbonyl (C=O) groups excluding carboxylic acids is 1. The molecule has 128 valence electrons. The van der Waals surface area contributed by atoms with Crippen LogP contribution in [-0.2, 0) is 14.8 Å². The molecule has 0 unspecified atom stereocenters. The van der Waals surface area contributed by atoms with Crippen molar-refractivity contribution in [3.8, 4) is 0 Å². The zero-order valence-corrected chi connectivity index (χ0v) is 14.9. The van der Waals surface area contributed by atoms with Crippen LogP contribution in [0.2, 0.25) is 5.15 Å². The van der Waals surface area contributed by atoms with Gasteiger partial charge in [-0.3, -0.25) is 4.79 Å². The summed E-state index contributed by atoms with van der Waals surface area (Å²) in [5.74, 6) is 0.270. The van der Waals surface area contributed by atoms with Crippen molar-refractivity contribution in [2.45, 2.75) is 31.6 Å². The van der Waals surface area contributed by atoms with E-state index < -0.39 is 10.0 Å². The van der Waals surface area contributed by atoms with Crippen LogP contribution < -0.4 is 5.32 Å². The molecule has 1 aliphatic rings.